The van der Waals surface area contributed by atoms with Crippen LogP contribution in [0.15, 0.2) is 22.7 Å². The quantitative estimate of drug-likeness (QED) is 0.928. The molecule has 0 radical (unpaired) electrons. The predicted octanol–water partition coefficient (Wildman–Crippen LogP) is 2.38. The van der Waals surface area contributed by atoms with Gasteiger partial charge in [0, 0.05) is 11.0 Å². The van der Waals surface area contributed by atoms with E-state index in [1.165, 1.54) is 4.90 Å². The van der Waals surface area contributed by atoms with Gasteiger partial charge in [0.15, 0.2) is 0 Å². The average Bonchev–Trinajstić information content (AvgIpc) is 2.84. The number of amides is 1. The highest BCUT2D eigenvalue weighted by molar-refractivity contribution is 9.10. The molecule has 1 atom stereocenters. The van der Waals surface area contributed by atoms with E-state index in [9.17, 15) is 9.59 Å². The van der Waals surface area contributed by atoms with E-state index in [1.807, 2.05) is 25.1 Å². The fourth-order valence-electron chi connectivity index (χ4n) is 2.43. The van der Waals surface area contributed by atoms with Gasteiger partial charge >= 0.3 is 5.97 Å². The van der Waals surface area contributed by atoms with E-state index in [0.29, 0.717) is 13.0 Å². The number of carboxylic acids is 1. The van der Waals surface area contributed by atoms with E-state index in [4.69, 9.17) is 5.11 Å². The van der Waals surface area contributed by atoms with E-state index >= 15 is 0 Å². The van der Waals surface area contributed by atoms with Crippen LogP contribution < -0.4 is 0 Å². The second-order valence-electron chi connectivity index (χ2n) is 4.78. The molecule has 0 spiro atoms. The molecule has 0 saturated carbocycles. The van der Waals surface area contributed by atoms with Crippen LogP contribution in [-0.2, 0) is 16.0 Å². The lowest BCUT2D eigenvalue weighted by Gasteiger charge is -2.22. The molecule has 19 heavy (non-hydrogen) atoms. The third-order valence-corrected chi connectivity index (χ3v) is 4.44. The Morgan fingerprint density at radius 1 is 1.47 bits per heavy atom. The summed E-state index contributed by atoms with van der Waals surface area (Å²) >= 11 is 3.44. The van der Waals surface area contributed by atoms with Crippen LogP contribution in [0.2, 0.25) is 0 Å². The number of carbonyl (C=O) groups is 2. The smallest absolute Gasteiger partial charge is 0.326 e. The highest BCUT2D eigenvalue weighted by Gasteiger charge is 2.33. The van der Waals surface area contributed by atoms with E-state index < -0.39 is 12.0 Å². The van der Waals surface area contributed by atoms with Crippen molar-refractivity contribution in [2.45, 2.75) is 32.2 Å². The largest absolute Gasteiger partial charge is 0.480 e. The Balaban J connectivity index is 2.13. The molecule has 0 aliphatic carbocycles. The molecule has 5 heteroatoms. The molecular formula is C14H16BrNO3. The van der Waals surface area contributed by atoms with Crippen molar-refractivity contribution in [3.8, 4) is 0 Å². The van der Waals surface area contributed by atoms with Crippen molar-refractivity contribution in [1.29, 1.82) is 0 Å². The molecule has 1 heterocycles. The Bertz CT molecular complexity index is 515. The molecule has 1 saturated heterocycles. The molecular weight excluding hydrogens is 310 g/mol. The van der Waals surface area contributed by atoms with Gasteiger partial charge in [0.2, 0.25) is 5.91 Å². The lowest BCUT2D eigenvalue weighted by molar-refractivity contribution is -0.148. The maximum Gasteiger partial charge on any atom is 0.326 e. The molecule has 1 amide bonds. The Labute approximate surface area is 120 Å². The molecule has 1 aliphatic rings. The first-order chi connectivity index (χ1) is 9.00. The molecule has 2 rings (SSSR count). The minimum Gasteiger partial charge on any atom is -0.480 e. The van der Waals surface area contributed by atoms with Gasteiger partial charge in [-0.15, -0.1) is 0 Å². The molecule has 1 aliphatic heterocycles. The van der Waals surface area contributed by atoms with Gasteiger partial charge in [-0.1, -0.05) is 28.1 Å². The summed E-state index contributed by atoms with van der Waals surface area (Å²) in [7, 11) is 0. The number of likely N-dealkylation sites (tertiary alicyclic amines) is 1. The predicted molar refractivity (Wildman–Crippen MR) is 75.0 cm³/mol. The molecule has 1 aromatic rings. The maximum absolute atomic E-state index is 12.2. The van der Waals surface area contributed by atoms with Crippen LogP contribution in [-0.4, -0.2) is 34.5 Å². The molecule has 1 aromatic carbocycles. The summed E-state index contributed by atoms with van der Waals surface area (Å²) in [6.45, 7) is 2.49. The zero-order chi connectivity index (χ0) is 14.0. The highest BCUT2D eigenvalue weighted by atomic mass is 79.9. The molecule has 1 N–H and O–H groups in total. The second-order valence-corrected chi connectivity index (χ2v) is 5.64. The van der Waals surface area contributed by atoms with Crippen LogP contribution >= 0.6 is 15.9 Å². The van der Waals surface area contributed by atoms with Crippen LogP contribution in [0.25, 0.3) is 0 Å². The van der Waals surface area contributed by atoms with E-state index in [0.717, 1.165) is 22.0 Å². The number of nitrogens with zero attached hydrogens (tertiary/aromatic N) is 1. The normalized spacial score (nSPS) is 18.6. The zero-order valence-electron chi connectivity index (χ0n) is 10.7. The van der Waals surface area contributed by atoms with Gasteiger partial charge < -0.3 is 10.0 Å². The van der Waals surface area contributed by atoms with Crippen LogP contribution in [0.1, 0.15) is 24.0 Å². The minimum absolute atomic E-state index is 0.105. The number of halogens is 1. The molecule has 1 fully saturated rings. The number of carbonyl (C=O) groups excluding carboxylic acids is 1. The van der Waals surface area contributed by atoms with E-state index in [2.05, 4.69) is 15.9 Å². The summed E-state index contributed by atoms with van der Waals surface area (Å²) < 4.78 is 0.967. The fourth-order valence-corrected chi connectivity index (χ4v) is 2.84. The number of rotatable bonds is 3. The lowest BCUT2D eigenvalue weighted by atomic mass is 10.1. The maximum atomic E-state index is 12.2. The number of carboxylic acid groups (broad SMARTS) is 1. The van der Waals surface area contributed by atoms with Crippen molar-refractivity contribution in [2.24, 2.45) is 0 Å². The Kier molecular flexibility index (Phi) is 4.24. The van der Waals surface area contributed by atoms with E-state index in [1.54, 1.807) is 0 Å². The van der Waals surface area contributed by atoms with Gasteiger partial charge in [0.25, 0.3) is 0 Å². The first-order valence-corrected chi connectivity index (χ1v) is 7.06. The van der Waals surface area contributed by atoms with Gasteiger partial charge in [0.1, 0.15) is 6.04 Å². The van der Waals surface area contributed by atoms with Gasteiger partial charge in [-0.3, -0.25) is 4.79 Å². The minimum atomic E-state index is -0.906. The van der Waals surface area contributed by atoms with Crippen molar-refractivity contribution >= 4 is 27.8 Å². The van der Waals surface area contributed by atoms with Crippen molar-refractivity contribution in [1.82, 2.24) is 4.90 Å². The lowest BCUT2D eigenvalue weighted by Crippen LogP contribution is -2.41. The Morgan fingerprint density at radius 3 is 2.89 bits per heavy atom. The number of hydrogen-bond donors (Lipinski definition) is 1. The monoisotopic (exact) mass is 325 g/mol. The molecule has 0 bridgehead atoms. The topological polar surface area (TPSA) is 57.6 Å². The summed E-state index contributed by atoms with van der Waals surface area (Å²) in [5.41, 5.74) is 1.97. The van der Waals surface area contributed by atoms with Gasteiger partial charge in [-0.2, -0.15) is 0 Å². The third-order valence-electron chi connectivity index (χ3n) is 3.58. The van der Waals surface area contributed by atoms with Gasteiger partial charge in [-0.25, -0.2) is 4.79 Å². The van der Waals surface area contributed by atoms with Gasteiger partial charge in [0.05, 0.1) is 6.42 Å². The van der Waals surface area contributed by atoms with Crippen molar-refractivity contribution in [3.63, 3.8) is 0 Å². The molecule has 102 valence electrons. The highest BCUT2D eigenvalue weighted by Crippen LogP contribution is 2.23. The summed E-state index contributed by atoms with van der Waals surface area (Å²) in [6.07, 6.45) is 1.58. The summed E-state index contributed by atoms with van der Waals surface area (Å²) in [4.78, 5) is 24.8. The van der Waals surface area contributed by atoms with Crippen LogP contribution in [0, 0.1) is 6.92 Å². The van der Waals surface area contributed by atoms with Crippen molar-refractivity contribution < 1.29 is 14.7 Å². The van der Waals surface area contributed by atoms with Crippen LogP contribution in [0.5, 0.6) is 0 Å². The summed E-state index contributed by atoms with van der Waals surface area (Å²) in [5.74, 6) is -1.01. The second kappa shape index (κ2) is 5.74. The summed E-state index contributed by atoms with van der Waals surface area (Å²) in [5, 5.41) is 9.10. The number of aliphatic carboxylic acids is 1. The Morgan fingerprint density at radius 2 is 2.21 bits per heavy atom. The zero-order valence-corrected chi connectivity index (χ0v) is 12.3. The molecule has 0 aromatic heterocycles. The number of hydrogen-bond acceptors (Lipinski definition) is 2. The SMILES string of the molecule is Cc1c(Br)cccc1CC(=O)N1CCC[C@@H]1C(=O)O. The average molecular weight is 326 g/mol. The van der Waals surface area contributed by atoms with Crippen LogP contribution in [0.4, 0.5) is 0 Å². The van der Waals surface area contributed by atoms with Gasteiger partial charge in [-0.05, 0) is 37.0 Å². The third kappa shape index (κ3) is 2.97. The molecule has 4 nitrogen and oxygen atoms in total. The standard InChI is InChI=1S/C14H16BrNO3/c1-9-10(4-2-5-11(9)15)8-13(17)16-7-3-6-12(16)14(18)19/h2,4-5,12H,3,6-8H2,1H3,(H,18,19)/t12-/m1/s1. The first kappa shape index (κ1) is 14.1. The summed E-state index contributed by atoms with van der Waals surface area (Å²) in [6, 6.07) is 5.07. The molecule has 0 unspecified atom stereocenters. The Hall–Kier alpha value is -1.36. The fraction of sp³-hybridized carbons (Fsp3) is 0.429. The van der Waals surface area contributed by atoms with E-state index in [-0.39, 0.29) is 12.3 Å². The van der Waals surface area contributed by atoms with Crippen molar-refractivity contribution in [2.75, 3.05) is 6.54 Å². The van der Waals surface area contributed by atoms with Crippen molar-refractivity contribution in [3.05, 3.63) is 33.8 Å². The first-order valence-electron chi connectivity index (χ1n) is 6.27. The van der Waals surface area contributed by atoms with Crippen LogP contribution in [0.3, 0.4) is 0 Å². The number of benzene rings is 1.